The molecule has 1 spiro atoms. The predicted octanol–water partition coefficient (Wildman–Crippen LogP) is 1.32. The molecule has 1 aromatic rings. The molecule has 0 saturated carbocycles. The molecule has 0 atom stereocenters. The number of hydrogen-bond acceptors (Lipinski definition) is 2. The lowest BCUT2D eigenvalue weighted by Gasteiger charge is -2.39. The summed E-state index contributed by atoms with van der Waals surface area (Å²) in [4.78, 5) is 0. The van der Waals surface area contributed by atoms with Gasteiger partial charge in [-0.3, -0.25) is 0 Å². The minimum absolute atomic E-state index is 0.0308. The monoisotopic (exact) mass is 175 g/mol. The molecule has 0 bridgehead atoms. The van der Waals surface area contributed by atoms with Crippen LogP contribution in [0.25, 0.3) is 0 Å². The highest BCUT2D eigenvalue weighted by atomic mass is 16.5. The van der Waals surface area contributed by atoms with E-state index >= 15 is 0 Å². The Balaban J connectivity index is 2.11. The number of benzene rings is 1. The molecule has 0 unspecified atom stereocenters. The van der Waals surface area contributed by atoms with Crippen molar-refractivity contribution in [1.29, 1.82) is 0 Å². The highest BCUT2D eigenvalue weighted by Gasteiger charge is 2.44. The molecule has 2 aliphatic rings. The van der Waals surface area contributed by atoms with Crippen LogP contribution in [0.5, 0.6) is 0 Å². The Morgan fingerprint density at radius 2 is 2.23 bits per heavy atom. The molecule has 1 fully saturated rings. The molecule has 0 aliphatic carbocycles. The smallest absolute Gasteiger partial charge is 0.119 e. The molecule has 2 heteroatoms. The van der Waals surface area contributed by atoms with E-state index in [4.69, 9.17) is 4.74 Å². The number of nitrogens with one attached hydrogen (secondary N) is 1. The maximum Gasteiger partial charge on any atom is 0.119 e. The van der Waals surface area contributed by atoms with Crippen LogP contribution in [0.1, 0.15) is 16.7 Å². The Bertz CT molecular complexity index is 355. The molecule has 1 saturated heterocycles. The van der Waals surface area contributed by atoms with Crippen molar-refractivity contribution in [2.45, 2.75) is 19.1 Å². The summed E-state index contributed by atoms with van der Waals surface area (Å²) in [7, 11) is 0. The van der Waals surface area contributed by atoms with Crippen LogP contribution in [0, 0.1) is 6.92 Å². The molecule has 13 heavy (non-hydrogen) atoms. The third-order valence-electron chi connectivity index (χ3n) is 3.08. The Morgan fingerprint density at radius 3 is 2.92 bits per heavy atom. The summed E-state index contributed by atoms with van der Waals surface area (Å²) in [6.07, 6.45) is 0. The van der Waals surface area contributed by atoms with Gasteiger partial charge in [0, 0.05) is 13.1 Å². The van der Waals surface area contributed by atoms with E-state index in [1.807, 2.05) is 0 Å². The fourth-order valence-corrected chi connectivity index (χ4v) is 2.22. The Kier molecular flexibility index (Phi) is 1.35. The SMILES string of the molecule is Cc1ccc2c(c1)COC21CNC1. The molecular weight excluding hydrogens is 162 g/mol. The maximum absolute atomic E-state index is 5.84. The van der Waals surface area contributed by atoms with E-state index in [1.54, 1.807) is 0 Å². The van der Waals surface area contributed by atoms with Gasteiger partial charge in [0.05, 0.1) is 6.61 Å². The van der Waals surface area contributed by atoms with Crippen LogP contribution in [0.2, 0.25) is 0 Å². The van der Waals surface area contributed by atoms with Crippen LogP contribution in [0.4, 0.5) is 0 Å². The summed E-state index contributed by atoms with van der Waals surface area (Å²) in [5.74, 6) is 0. The summed E-state index contributed by atoms with van der Waals surface area (Å²) >= 11 is 0. The Hall–Kier alpha value is -0.860. The van der Waals surface area contributed by atoms with Gasteiger partial charge in [0.25, 0.3) is 0 Å². The largest absolute Gasteiger partial charge is 0.363 e. The zero-order valence-corrected chi connectivity index (χ0v) is 7.76. The van der Waals surface area contributed by atoms with Gasteiger partial charge in [-0.1, -0.05) is 23.8 Å². The molecule has 3 rings (SSSR count). The molecule has 1 N–H and O–H groups in total. The maximum atomic E-state index is 5.84. The van der Waals surface area contributed by atoms with Crippen molar-refractivity contribution in [3.05, 3.63) is 34.9 Å². The van der Waals surface area contributed by atoms with Gasteiger partial charge >= 0.3 is 0 Å². The van der Waals surface area contributed by atoms with Gasteiger partial charge in [-0.2, -0.15) is 0 Å². The number of ether oxygens (including phenoxy) is 1. The summed E-state index contributed by atoms with van der Waals surface area (Å²) in [5.41, 5.74) is 4.13. The van der Waals surface area contributed by atoms with Crippen molar-refractivity contribution in [1.82, 2.24) is 5.32 Å². The number of fused-ring (bicyclic) bond motifs is 2. The van der Waals surface area contributed by atoms with E-state index in [0.29, 0.717) is 0 Å². The Labute approximate surface area is 77.9 Å². The van der Waals surface area contributed by atoms with Crippen LogP contribution in [0.3, 0.4) is 0 Å². The average Bonchev–Trinajstić information content (AvgIpc) is 2.41. The summed E-state index contributed by atoms with van der Waals surface area (Å²) < 4.78 is 5.84. The predicted molar refractivity (Wildman–Crippen MR) is 50.5 cm³/mol. The fraction of sp³-hybridized carbons (Fsp3) is 0.455. The highest BCUT2D eigenvalue weighted by molar-refractivity contribution is 5.40. The lowest BCUT2D eigenvalue weighted by molar-refractivity contribution is -0.0746. The lowest BCUT2D eigenvalue weighted by Crippen LogP contribution is -2.56. The summed E-state index contributed by atoms with van der Waals surface area (Å²) in [5, 5.41) is 3.27. The van der Waals surface area contributed by atoms with Crippen molar-refractivity contribution in [3.8, 4) is 0 Å². The average molecular weight is 175 g/mol. The summed E-state index contributed by atoms with van der Waals surface area (Å²) in [6, 6.07) is 6.63. The van der Waals surface area contributed by atoms with Gasteiger partial charge in [-0.25, -0.2) is 0 Å². The van der Waals surface area contributed by atoms with Crippen molar-refractivity contribution in [3.63, 3.8) is 0 Å². The quantitative estimate of drug-likeness (QED) is 0.642. The molecule has 0 radical (unpaired) electrons. The normalized spacial score (nSPS) is 22.8. The van der Waals surface area contributed by atoms with Crippen molar-refractivity contribution in [2.24, 2.45) is 0 Å². The van der Waals surface area contributed by atoms with E-state index in [-0.39, 0.29) is 5.60 Å². The van der Waals surface area contributed by atoms with E-state index in [9.17, 15) is 0 Å². The lowest BCUT2D eigenvalue weighted by atomic mass is 9.87. The van der Waals surface area contributed by atoms with E-state index < -0.39 is 0 Å². The highest BCUT2D eigenvalue weighted by Crippen LogP contribution is 2.39. The van der Waals surface area contributed by atoms with Crippen LogP contribution in [0.15, 0.2) is 18.2 Å². The molecule has 2 heterocycles. The number of aryl methyl sites for hydroxylation is 1. The molecule has 0 amide bonds. The second-order valence-corrected chi connectivity index (χ2v) is 4.05. The fourth-order valence-electron chi connectivity index (χ4n) is 2.22. The van der Waals surface area contributed by atoms with Crippen LogP contribution >= 0.6 is 0 Å². The number of rotatable bonds is 0. The third kappa shape index (κ3) is 0.901. The van der Waals surface area contributed by atoms with E-state index in [2.05, 4.69) is 30.4 Å². The minimum atomic E-state index is 0.0308. The van der Waals surface area contributed by atoms with Gasteiger partial charge in [-0.15, -0.1) is 0 Å². The van der Waals surface area contributed by atoms with E-state index in [1.165, 1.54) is 16.7 Å². The van der Waals surface area contributed by atoms with Crippen LogP contribution in [-0.2, 0) is 16.9 Å². The first-order chi connectivity index (χ1) is 6.30. The second-order valence-electron chi connectivity index (χ2n) is 4.05. The molecule has 2 nitrogen and oxygen atoms in total. The standard InChI is InChI=1S/C11H13NO/c1-8-2-3-10-9(4-8)5-13-11(10)6-12-7-11/h2-4,12H,5-7H2,1H3. The summed E-state index contributed by atoms with van der Waals surface area (Å²) in [6.45, 7) is 4.87. The Morgan fingerprint density at radius 1 is 1.38 bits per heavy atom. The van der Waals surface area contributed by atoms with Gasteiger partial charge in [-0.05, 0) is 18.1 Å². The molecule has 68 valence electrons. The molecule has 2 aliphatic heterocycles. The van der Waals surface area contributed by atoms with Crippen molar-refractivity contribution in [2.75, 3.05) is 13.1 Å². The van der Waals surface area contributed by atoms with Crippen molar-refractivity contribution >= 4 is 0 Å². The van der Waals surface area contributed by atoms with Gasteiger partial charge in [0.15, 0.2) is 0 Å². The second kappa shape index (κ2) is 2.34. The first kappa shape index (κ1) is 7.54. The zero-order valence-electron chi connectivity index (χ0n) is 7.76. The topological polar surface area (TPSA) is 21.3 Å². The molecule has 1 aromatic carbocycles. The molecule has 0 aromatic heterocycles. The minimum Gasteiger partial charge on any atom is -0.363 e. The van der Waals surface area contributed by atoms with Gasteiger partial charge in [0.2, 0.25) is 0 Å². The van der Waals surface area contributed by atoms with Gasteiger partial charge < -0.3 is 10.1 Å². The van der Waals surface area contributed by atoms with Crippen molar-refractivity contribution < 1.29 is 4.74 Å². The first-order valence-electron chi connectivity index (χ1n) is 4.75. The van der Waals surface area contributed by atoms with E-state index in [0.717, 1.165) is 19.7 Å². The van der Waals surface area contributed by atoms with Gasteiger partial charge in [0.1, 0.15) is 5.60 Å². The van der Waals surface area contributed by atoms with Crippen LogP contribution in [-0.4, -0.2) is 13.1 Å². The zero-order chi connectivity index (χ0) is 8.89. The first-order valence-corrected chi connectivity index (χ1v) is 4.75. The third-order valence-corrected chi connectivity index (χ3v) is 3.08. The number of hydrogen-bond donors (Lipinski definition) is 1. The van der Waals surface area contributed by atoms with Crippen LogP contribution < -0.4 is 5.32 Å². The molecular formula is C11H13NO.